The van der Waals surface area contributed by atoms with E-state index in [0.717, 1.165) is 38.5 Å². The Balaban J connectivity index is 3.54. The zero-order valence-electron chi connectivity index (χ0n) is 54.4. The Morgan fingerprint density at radius 2 is 0.512 bits per heavy atom. The molecule has 0 saturated carbocycles. The van der Waals surface area contributed by atoms with Gasteiger partial charge in [-0.1, -0.05) is 372 Å². The minimum absolute atomic E-state index is 0.367. The highest BCUT2D eigenvalue weighted by molar-refractivity contribution is 5.80. The highest BCUT2D eigenvalue weighted by Gasteiger charge is 2.28. The van der Waals surface area contributed by atoms with Gasteiger partial charge in [0.2, 0.25) is 5.91 Å². The number of allylic oxidation sites excluding steroid dienone is 4. The van der Waals surface area contributed by atoms with Gasteiger partial charge >= 0.3 is 0 Å². The second-order valence-corrected chi connectivity index (χ2v) is 25.6. The fourth-order valence-corrected chi connectivity index (χ4v) is 11.9. The van der Waals surface area contributed by atoms with Gasteiger partial charge in [0.15, 0.2) is 0 Å². The molecule has 0 aromatic rings. The van der Waals surface area contributed by atoms with Crippen molar-refractivity contribution < 1.29 is 25.2 Å². The molecule has 0 aliphatic carbocycles. The van der Waals surface area contributed by atoms with Gasteiger partial charge in [0.25, 0.3) is 0 Å². The van der Waals surface area contributed by atoms with Crippen LogP contribution in [0.5, 0.6) is 0 Å². The number of carbonyl (C=O) groups is 1. The molecule has 4 unspecified atom stereocenters. The van der Waals surface area contributed by atoms with Crippen LogP contribution in [0.1, 0.15) is 412 Å². The van der Waals surface area contributed by atoms with Gasteiger partial charge in [0.1, 0.15) is 12.2 Å². The van der Waals surface area contributed by atoms with E-state index in [1.165, 1.54) is 347 Å². The van der Waals surface area contributed by atoms with Crippen molar-refractivity contribution in [1.82, 2.24) is 5.32 Å². The standard InChI is InChI=1S/C74H145NO5/c1-3-5-7-9-11-13-15-17-19-21-23-25-27-29-31-33-35-37-39-41-43-45-47-49-51-53-55-57-59-61-63-65-67-71(77)73(79)70(69-76)75-74(80)72(78)68-66-64-62-60-58-56-54-52-50-48-46-44-42-40-38-36-34-32-30-28-26-24-22-20-18-16-14-12-10-8-6-4-2/h30,32,59,61,70-73,76-79H,3-29,31,33-58,60,62-69H2,1-2H3,(H,75,80)/b32-30-,61-59+. The molecule has 0 saturated heterocycles. The minimum atomic E-state index is -1.28. The molecule has 0 rings (SSSR count). The number of unbranched alkanes of at least 4 members (excludes halogenated alkanes) is 56. The van der Waals surface area contributed by atoms with Gasteiger partial charge < -0.3 is 25.7 Å². The van der Waals surface area contributed by atoms with Crippen LogP contribution >= 0.6 is 0 Å². The number of amides is 1. The molecule has 0 bridgehead atoms. The Morgan fingerprint density at radius 1 is 0.300 bits per heavy atom. The molecule has 0 aromatic heterocycles. The van der Waals surface area contributed by atoms with Crippen LogP contribution in [0.4, 0.5) is 0 Å². The summed E-state index contributed by atoms with van der Waals surface area (Å²) in [5, 5.41) is 44.2. The second kappa shape index (κ2) is 68.6. The predicted molar refractivity (Wildman–Crippen MR) is 353 cm³/mol. The maximum Gasteiger partial charge on any atom is 0.249 e. The molecule has 0 radical (unpaired) electrons. The normalized spacial score (nSPS) is 13.5. The molecule has 80 heavy (non-hydrogen) atoms. The van der Waals surface area contributed by atoms with E-state index >= 15 is 0 Å². The Bertz CT molecular complexity index is 1220. The van der Waals surface area contributed by atoms with Crippen LogP contribution in [0, 0.1) is 0 Å². The van der Waals surface area contributed by atoms with Crippen molar-refractivity contribution in [2.24, 2.45) is 0 Å². The van der Waals surface area contributed by atoms with Crippen molar-refractivity contribution in [2.45, 2.75) is 436 Å². The van der Waals surface area contributed by atoms with E-state index in [2.05, 4.69) is 43.5 Å². The third-order valence-electron chi connectivity index (χ3n) is 17.6. The third-order valence-corrected chi connectivity index (χ3v) is 17.6. The first-order valence-corrected chi connectivity index (χ1v) is 36.7. The first kappa shape index (κ1) is 78.8. The maximum atomic E-state index is 12.7. The molecule has 5 N–H and O–H groups in total. The van der Waals surface area contributed by atoms with Gasteiger partial charge in [-0.2, -0.15) is 0 Å². The number of aliphatic hydroxyl groups excluding tert-OH is 4. The van der Waals surface area contributed by atoms with E-state index in [9.17, 15) is 25.2 Å². The van der Waals surface area contributed by atoms with Gasteiger partial charge in [0, 0.05) is 0 Å². The van der Waals surface area contributed by atoms with Crippen LogP contribution in [0.15, 0.2) is 24.3 Å². The smallest absolute Gasteiger partial charge is 0.249 e. The summed E-state index contributed by atoms with van der Waals surface area (Å²) in [6.07, 6.45) is 87.6. The summed E-state index contributed by atoms with van der Waals surface area (Å²) >= 11 is 0. The van der Waals surface area contributed by atoms with E-state index in [-0.39, 0.29) is 0 Å². The molecule has 0 heterocycles. The van der Waals surface area contributed by atoms with Crippen LogP contribution in [0.25, 0.3) is 0 Å². The van der Waals surface area contributed by atoms with Gasteiger partial charge in [-0.3, -0.25) is 4.79 Å². The SMILES string of the molecule is CCCCCCCCCCCCCC/C=C\CCCCCCCCCCCCCCCCCCC(O)C(=O)NC(CO)C(O)C(O)CCC/C=C/CCCCCCCCCCCCCCCCCCCCCCCCCCCCC. The second-order valence-electron chi connectivity index (χ2n) is 25.6. The number of rotatable bonds is 69. The fraction of sp³-hybridized carbons (Fsp3) is 0.932. The molecule has 6 nitrogen and oxygen atoms in total. The van der Waals surface area contributed by atoms with Gasteiger partial charge in [-0.05, 0) is 64.2 Å². The minimum Gasteiger partial charge on any atom is -0.394 e. The summed E-state index contributed by atoms with van der Waals surface area (Å²) in [7, 11) is 0. The van der Waals surface area contributed by atoms with E-state index in [1.807, 2.05) is 0 Å². The zero-order valence-corrected chi connectivity index (χ0v) is 54.4. The van der Waals surface area contributed by atoms with Crippen LogP contribution in [0.3, 0.4) is 0 Å². The summed E-state index contributed by atoms with van der Waals surface area (Å²) in [6.45, 7) is 4.11. The van der Waals surface area contributed by atoms with Crippen molar-refractivity contribution in [1.29, 1.82) is 0 Å². The fourth-order valence-electron chi connectivity index (χ4n) is 11.9. The van der Waals surface area contributed by atoms with Crippen LogP contribution in [-0.4, -0.2) is 57.3 Å². The summed E-state index contributed by atoms with van der Waals surface area (Å²) in [4.78, 5) is 12.7. The molecular weight excluding hydrogens is 983 g/mol. The maximum absolute atomic E-state index is 12.7. The van der Waals surface area contributed by atoms with E-state index in [4.69, 9.17) is 0 Å². The largest absolute Gasteiger partial charge is 0.394 e. The molecule has 476 valence electrons. The van der Waals surface area contributed by atoms with Gasteiger partial charge in [0.05, 0.1) is 18.8 Å². The number of hydrogen-bond acceptors (Lipinski definition) is 5. The first-order chi connectivity index (χ1) is 39.5. The molecule has 0 aliphatic heterocycles. The number of carbonyl (C=O) groups excluding carboxylic acids is 1. The Hall–Kier alpha value is -1.21. The lowest BCUT2D eigenvalue weighted by atomic mass is 10.00. The Labute approximate surface area is 501 Å². The topological polar surface area (TPSA) is 110 Å². The van der Waals surface area contributed by atoms with Crippen LogP contribution < -0.4 is 5.32 Å². The molecule has 0 spiro atoms. The van der Waals surface area contributed by atoms with Crippen molar-refractivity contribution in [3.63, 3.8) is 0 Å². The van der Waals surface area contributed by atoms with Crippen molar-refractivity contribution >= 4 is 5.91 Å². The molecule has 1 amide bonds. The average Bonchev–Trinajstić information content (AvgIpc) is 3.46. The highest BCUT2D eigenvalue weighted by atomic mass is 16.3. The van der Waals surface area contributed by atoms with E-state index < -0.39 is 36.9 Å². The average molecular weight is 1130 g/mol. The summed E-state index contributed by atoms with van der Waals surface area (Å²) in [5.41, 5.74) is 0. The van der Waals surface area contributed by atoms with Gasteiger partial charge in [-0.25, -0.2) is 0 Å². The number of nitrogens with one attached hydrogen (secondary N) is 1. The lowest BCUT2D eigenvalue weighted by molar-refractivity contribution is -0.132. The van der Waals surface area contributed by atoms with Crippen molar-refractivity contribution in [3.05, 3.63) is 24.3 Å². The molecule has 4 atom stereocenters. The van der Waals surface area contributed by atoms with Crippen LogP contribution in [-0.2, 0) is 4.79 Å². The number of hydrogen-bond donors (Lipinski definition) is 5. The molecule has 0 aromatic carbocycles. The lowest BCUT2D eigenvalue weighted by Gasteiger charge is -2.27. The Kier molecular flexibility index (Phi) is 67.5. The Morgan fingerprint density at radius 3 is 0.750 bits per heavy atom. The third kappa shape index (κ3) is 61.4. The van der Waals surface area contributed by atoms with Gasteiger partial charge in [-0.15, -0.1) is 0 Å². The first-order valence-electron chi connectivity index (χ1n) is 36.7. The summed E-state index contributed by atoms with van der Waals surface area (Å²) in [5.74, 6) is -0.585. The summed E-state index contributed by atoms with van der Waals surface area (Å²) in [6, 6.07) is -1.00. The molecule has 0 aliphatic rings. The van der Waals surface area contributed by atoms with E-state index in [1.54, 1.807) is 0 Å². The monoisotopic (exact) mass is 1130 g/mol. The zero-order chi connectivity index (χ0) is 58.0. The summed E-state index contributed by atoms with van der Waals surface area (Å²) < 4.78 is 0. The van der Waals surface area contributed by atoms with Crippen molar-refractivity contribution in [2.75, 3.05) is 6.61 Å². The molecule has 0 fully saturated rings. The van der Waals surface area contributed by atoms with E-state index in [0.29, 0.717) is 12.8 Å². The molecule has 6 heteroatoms. The molecular formula is C74H145NO5. The quantitative estimate of drug-likeness (QED) is 0.0308. The van der Waals surface area contributed by atoms with Crippen molar-refractivity contribution in [3.8, 4) is 0 Å². The van der Waals surface area contributed by atoms with Crippen LogP contribution in [0.2, 0.25) is 0 Å². The number of aliphatic hydroxyl groups is 4. The lowest BCUT2D eigenvalue weighted by Crippen LogP contribution is -2.53. The highest BCUT2D eigenvalue weighted by Crippen LogP contribution is 2.20. The predicted octanol–water partition coefficient (Wildman–Crippen LogP) is 22.9.